The van der Waals surface area contributed by atoms with Crippen LogP contribution in [0, 0.1) is 15.9 Å². The summed E-state index contributed by atoms with van der Waals surface area (Å²) in [5.41, 5.74) is -0.229. The molecule has 1 rings (SSSR count). The lowest BCUT2D eigenvalue weighted by molar-refractivity contribution is -0.386. The molecule has 0 radical (unpaired) electrons. The Balaban J connectivity index is 3.03. The van der Waals surface area contributed by atoms with E-state index in [0.717, 1.165) is 18.9 Å². The van der Waals surface area contributed by atoms with E-state index in [4.69, 9.17) is 0 Å². The topological polar surface area (TPSA) is 55.2 Å². The van der Waals surface area contributed by atoms with E-state index in [-0.39, 0.29) is 11.7 Å². The summed E-state index contributed by atoms with van der Waals surface area (Å²) in [6.45, 7) is 3.96. The van der Waals surface area contributed by atoms with Crippen LogP contribution in [0.25, 0.3) is 0 Å². The van der Waals surface area contributed by atoms with Crippen molar-refractivity contribution >= 4 is 11.4 Å². The molecule has 0 unspecified atom stereocenters. The number of anilines is 1. The van der Waals surface area contributed by atoms with E-state index in [2.05, 4.69) is 5.32 Å². The van der Waals surface area contributed by atoms with Gasteiger partial charge in [0, 0.05) is 6.04 Å². The summed E-state index contributed by atoms with van der Waals surface area (Å²) in [7, 11) is 0. The lowest BCUT2D eigenvalue weighted by Crippen LogP contribution is -2.18. The monoisotopic (exact) mass is 226 g/mol. The molecule has 0 aromatic heterocycles. The highest BCUT2D eigenvalue weighted by molar-refractivity contribution is 5.62. The van der Waals surface area contributed by atoms with Gasteiger partial charge >= 0.3 is 5.69 Å². The van der Waals surface area contributed by atoms with Crippen LogP contribution in [0.3, 0.4) is 0 Å². The maximum Gasteiger partial charge on any atom is 0.327 e. The highest BCUT2D eigenvalue weighted by Gasteiger charge is 2.20. The molecule has 0 saturated heterocycles. The first-order chi connectivity index (χ1) is 7.60. The smallest absolute Gasteiger partial charge is 0.327 e. The van der Waals surface area contributed by atoms with Crippen LogP contribution in [-0.2, 0) is 0 Å². The Labute approximate surface area is 93.6 Å². The molecule has 1 N–H and O–H groups in total. The van der Waals surface area contributed by atoms with Gasteiger partial charge in [-0.25, -0.2) is 0 Å². The Kier molecular flexibility index (Phi) is 4.22. The van der Waals surface area contributed by atoms with Gasteiger partial charge in [0.2, 0.25) is 5.82 Å². The Morgan fingerprint density at radius 1 is 1.44 bits per heavy atom. The SMILES string of the molecule is CCC(CC)Nc1cccc(F)c1[N+](=O)[O-]. The first-order valence-electron chi connectivity index (χ1n) is 5.29. The van der Waals surface area contributed by atoms with Crippen molar-refractivity contribution in [1.82, 2.24) is 0 Å². The highest BCUT2D eigenvalue weighted by Crippen LogP contribution is 2.28. The van der Waals surface area contributed by atoms with Gasteiger partial charge in [-0.1, -0.05) is 19.9 Å². The highest BCUT2D eigenvalue weighted by atomic mass is 19.1. The zero-order valence-electron chi connectivity index (χ0n) is 9.37. The summed E-state index contributed by atoms with van der Waals surface area (Å²) in [6.07, 6.45) is 1.67. The summed E-state index contributed by atoms with van der Waals surface area (Å²) in [6, 6.07) is 4.21. The van der Waals surface area contributed by atoms with Crippen LogP contribution in [-0.4, -0.2) is 11.0 Å². The third kappa shape index (κ3) is 2.68. The van der Waals surface area contributed by atoms with Crippen LogP contribution in [0.15, 0.2) is 18.2 Å². The molecular weight excluding hydrogens is 211 g/mol. The standard InChI is InChI=1S/C11H15FN2O2/c1-3-8(4-2)13-10-7-5-6-9(12)11(10)14(15)16/h5-8,13H,3-4H2,1-2H3. The van der Waals surface area contributed by atoms with E-state index in [1.165, 1.54) is 12.1 Å². The molecule has 88 valence electrons. The molecule has 1 aromatic carbocycles. The molecule has 0 spiro atoms. The van der Waals surface area contributed by atoms with E-state index in [1.807, 2.05) is 13.8 Å². The van der Waals surface area contributed by atoms with Crippen LogP contribution in [0.2, 0.25) is 0 Å². The predicted molar refractivity (Wildman–Crippen MR) is 61.0 cm³/mol. The minimum atomic E-state index is -0.805. The fourth-order valence-corrected chi connectivity index (χ4v) is 1.53. The van der Waals surface area contributed by atoms with Crippen molar-refractivity contribution in [3.63, 3.8) is 0 Å². The molecule has 4 nitrogen and oxygen atoms in total. The number of halogens is 1. The Morgan fingerprint density at radius 3 is 2.56 bits per heavy atom. The minimum Gasteiger partial charge on any atom is -0.377 e. The van der Waals surface area contributed by atoms with Crippen molar-refractivity contribution in [2.75, 3.05) is 5.32 Å². The Hall–Kier alpha value is -1.65. The summed E-state index contributed by atoms with van der Waals surface area (Å²) < 4.78 is 13.3. The number of para-hydroxylation sites is 1. The number of rotatable bonds is 5. The average Bonchev–Trinajstić information content (AvgIpc) is 2.25. The maximum atomic E-state index is 13.3. The quantitative estimate of drug-likeness (QED) is 0.618. The third-order valence-electron chi connectivity index (χ3n) is 2.51. The molecule has 16 heavy (non-hydrogen) atoms. The number of hydrogen-bond donors (Lipinski definition) is 1. The van der Waals surface area contributed by atoms with Crippen LogP contribution in [0.1, 0.15) is 26.7 Å². The van der Waals surface area contributed by atoms with Gasteiger partial charge in [-0.3, -0.25) is 10.1 Å². The second-order valence-corrected chi connectivity index (χ2v) is 3.55. The van der Waals surface area contributed by atoms with Crippen molar-refractivity contribution in [1.29, 1.82) is 0 Å². The van der Waals surface area contributed by atoms with E-state index in [1.54, 1.807) is 0 Å². The second-order valence-electron chi connectivity index (χ2n) is 3.55. The lowest BCUT2D eigenvalue weighted by atomic mass is 10.1. The zero-order valence-corrected chi connectivity index (χ0v) is 9.37. The molecule has 0 aliphatic carbocycles. The van der Waals surface area contributed by atoms with Crippen LogP contribution < -0.4 is 5.32 Å². The Bertz CT molecular complexity index is 378. The number of nitro groups is 1. The van der Waals surface area contributed by atoms with Gasteiger partial charge in [0.15, 0.2) is 0 Å². The first-order valence-corrected chi connectivity index (χ1v) is 5.29. The predicted octanol–water partition coefficient (Wildman–Crippen LogP) is 3.33. The van der Waals surface area contributed by atoms with Crippen molar-refractivity contribution in [3.05, 3.63) is 34.1 Å². The fraction of sp³-hybridized carbons (Fsp3) is 0.455. The summed E-state index contributed by atoms with van der Waals surface area (Å²) in [5.74, 6) is -0.805. The fourth-order valence-electron chi connectivity index (χ4n) is 1.53. The van der Waals surface area contributed by atoms with E-state index >= 15 is 0 Å². The lowest BCUT2D eigenvalue weighted by Gasteiger charge is -2.16. The molecule has 0 atom stereocenters. The molecular formula is C11H15FN2O2. The normalized spacial score (nSPS) is 10.5. The van der Waals surface area contributed by atoms with Gasteiger partial charge in [0.25, 0.3) is 0 Å². The molecule has 0 bridgehead atoms. The van der Waals surface area contributed by atoms with Crippen molar-refractivity contribution in [2.24, 2.45) is 0 Å². The molecule has 5 heteroatoms. The van der Waals surface area contributed by atoms with Gasteiger partial charge < -0.3 is 5.32 Å². The van der Waals surface area contributed by atoms with E-state index < -0.39 is 16.4 Å². The number of nitrogens with one attached hydrogen (secondary N) is 1. The summed E-state index contributed by atoms with van der Waals surface area (Å²) in [4.78, 5) is 10.0. The summed E-state index contributed by atoms with van der Waals surface area (Å²) >= 11 is 0. The molecule has 0 amide bonds. The number of hydrogen-bond acceptors (Lipinski definition) is 3. The molecule has 0 aliphatic heterocycles. The Morgan fingerprint density at radius 2 is 2.06 bits per heavy atom. The second kappa shape index (κ2) is 5.44. The first kappa shape index (κ1) is 12.4. The van der Waals surface area contributed by atoms with Crippen LogP contribution in [0.5, 0.6) is 0 Å². The largest absolute Gasteiger partial charge is 0.377 e. The van der Waals surface area contributed by atoms with Gasteiger partial charge in [0.1, 0.15) is 5.69 Å². The van der Waals surface area contributed by atoms with Crippen molar-refractivity contribution in [2.45, 2.75) is 32.7 Å². The van der Waals surface area contributed by atoms with Gasteiger partial charge in [-0.05, 0) is 25.0 Å². The van der Waals surface area contributed by atoms with Gasteiger partial charge in [0.05, 0.1) is 4.92 Å². The molecule has 1 aromatic rings. The third-order valence-corrected chi connectivity index (χ3v) is 2.51. The van der Waals surface area contributed by atoms with E-state index in [0.29, 0.717) is 0 Å². The average molecular weight is 226 g/mol. The minimum absolute atomic E-state index is 0.125. The number of benzene rings is 1. The molecule has 0 aliphatic rings. The molecule has 0 fully saturated rings. The van der Waals surface area contributed by atoms with Gasteiger partial charge in [-0.15, -0.1) is 0 Å². The molecule has 0 heterocycles. The van der Waals surface area contributed by atoms with E-state index in [9.17, 15) is 14.5 Å². The van der Waals surface area contributed by atoms with Crippen molar-refractivity contribution < 1.29 is 9.31 Å². The van der Waals surface area contributed by atoms with Crippen LogP contribution >= 0.6 is 0 Å². The number of nitro benzene ring substituents is 1. The zero-order chi connectivity index (χ0) is 12.1. The van der Waals surface area contributed by atoms with Crippen molar-refractivity contribution in [3.8, 4) is 0 Å². The van der Waals surface area contributed by atoms with Gasteiger partial charge in [-0.2, -0.15) is 4.39 Å². The molecule has 0 saturated carbocycles. The maximum absolute atomic E-state index is 13.3. The van der Waals surface area contributed by atoms with Crippen LogP contribution in [0.4, 0.5) is 15.8 Å². The number of nitrogens with zero attached hydrogens (tertiary/aromatic N) is 1. The summed E-state index contributed by atoms with van der Waals surface area (Å²) in [5, 5.41) is 13.7.